The molecule has 0 unspecified atom stereocenters. The van der Waals surface area contributed by atoms with Gasteiger partial charge in [-0.05, 0) is 42.5 Å². The molecular formula is C16H11FN2O5S. The monoisotopic (exact) mass is 362 g/mol. The molecule has 0 bridgehead atoms. The zero-order valence-corrected chi connectivity index (χ0v) is 13.5. The highest BCUT2D eigenvalue weighted by Crippen LogP contribution is 2.35. The number of hydrogen-bond acceptors (Lipinski definition) is 7. The summed E-state index contributed by atoms with van der Waals surface area (Å²) in [7, 11) is -3.72. The first-order chi connectivity index (χ1) is 12.0. The van der Waals surface area contributed by atoms with Crippen LogP contribution in [0.4, 0.5) is 4.39 Å². The van der Waals surface area contributed by atoms with Gasteiger partial charge < -0.3 is 14.0 Å². The van der Waals surface area contributed by atoms with E-state index in [2.05, 4.69) is 10.1 Å². The van der Waals surface area contributed by atoms with Gasteiger partial charge in [-0.25, -0.2) is 12.8 Å². The molecule has 25 heavy (non-hydrogen) atoms. The van der Waals surface area contributed by atoms with Crippen LogP contribution in [0.1, 0.15) is 5.89 Å². The van der Waals surface area contributed by atoms with Gasteiger partial charge in [0.15, 0.2) is 21.3 Å². The third-order valence-electron chi connectivity index (χ3n) is 3.59. The first kappa shape index (κ1) is 15.6. The third-order valence-corrected chi connectivity index (χ3v) is 5.20. The number of benzene rings is 2. The summed E-state index contributed by atoms with van der Waals surface area (Å²) in [6.07, 6.45) is 0. The second kappa shape index (κ2) is 5.85. The molecule has 0 N–H and O–H groups in total. The number of ether oxygens (including phenoxy) is 2. The summed E-state index contributed by atoms with van der Waals surface area (Å²) in [5, 5.41) is 3.80. The number of hydrogen-bond donors (Lipinski definition) is 0. The molecule has 0 atom stereocenters. The zero-order chi connectivity index (χ0) is 17.4. The minimum Gasteiger partial charge on any atom is -0.454 e. The van der Waals surface area contributed by atoms with Crippen molar-refractivity contribution in [1.82, 2.24) is 10.1 Å². The highest BCUT2D eigenvalue weighted by atomic mass is 32.2. The van der Waals surface area contributed by atoms with Crippen molar-refractivity contribution >= 4 is 9.84 Å². The summed E-state index contributed by atoms with van der Waals surface area (Å²) in [6.45, 7) is 0.145. The van der Waals surface area contributed by atoms with Crippen molar-refractivity contribution in [1.29, 1.82) is 0 Å². The average molecular weight is 362 g/mol. The number of aromatic nitrogens is 2. The van der Waals surface area contributed by atoms with Crippen LogP contribution in [0.2, 0.25) is 0 Å². The number of sulfone groups is 1. The molecule has 0 radical (unpaired) electrons. The predicted octanol–water partition coefficient (Wildman–Crippen LogP) is 2.58. The van der Waals surface area contributed by atoms with E-state index in [1.165, 1.54) is 12.1 Å². The SMILES string of the molecule is O=S(=O)(Cc1nc(-c2ccc3c(c2)OCO3)no1)c1ccc(F)cc1. The van der Waals surface area contributed by atoms with Crippen molar-refractivity contribution in [2.45, 2.75) is 10.6 Å². The molecule has 1 aliphatic rings. The van der Waals surface area contributed by atoms with Crippen molar-refractivity contribution in [3.63, 3.8) is 0 Å². The van der Waals surface area contributed by atoms with Gasteiger partial charge in [-0.2, -0.15) is 4.98 Å². The van der Waals surface area contributed by atoms with Crippen molar-refractivity contribution in [3.05, 3.63) is 54.2 Å². The maximum atomic E-state index is 12.9. The maximum Gasteiger partial charge on any atom is 0.242 e. The second-order valence-electron chi connectivity index (χ2n) is 5.29. The highest BCUT2D eigenvalue weighted by Gasteiger charge is 2.21. The Hall–Kier alpha value is -2.94. The molecule has 2 heterocycles. The van der Waals surface area contributed by atoms with Crippen molar-refractivity contribution in [2.24, 2.45) is 0 Å². The van der Waals surface area contributed by atoms with E-state index in [1.54, 1.807) is 18.2 Å². The van der Waals surface area contributed by atoms with Crippen LogP contribution >= 0.6 is 0 Å². The fraction of sp³-hybridized carbons (Fsp3) is 0.125. The number of fused-ring (bicyclic) bond motifs is 1. The minimum atomic E-state index is -3.72. The Morgan fingerprint density at radius 3 is 2.60 bits per heavy atom. The van der Waals surface area contributed by atoms with Crippen LogP contribution in [0.5, 0.6) is 11.5 Å². The molecule has 0 aliphatic carbocycles. The van der Waals surface area contributed by atoms with E-state index >= 15 is 0 Å². The van der Waals surface area contributed by atoms with Gasteiger partial charge >= 0.3 is 0 Å². The molecule has 0 saturated carbocycles. The third kappa shape index (κ3) is 3.05. The average Bonchev–Trinajstić information content (AvgIpc) is 3.23. The van der Waals surface area contributed by atoms with Crippen molar-refractivity contribution in [3.8, 4) is 22.9 Å². The van der Waals surface area contributed by atoms with E-state index in [9.17, 15) is 12.8 Å². The highest BCUT2D eigenvalue weighted by molar-refractivity contribution is 7.90. The van der Waals surface area contributed by atoms with Gasteiger partial charge in [0.05, 0.1) is 4.90 Å². The lowest BCUT2D eigenvalue weighted by Crippen LogP contribution is -2.05. The van der Waals surface area contributed by atoms with Gasteiger partial charge in [0.1, 0.15) is 11.6 Å². The normalized spacial score (nSPS) is 13.2. The van der Waals surface area contributed by atoms with Gasteiger partial charge in [-0.1, -0.05) is 5.16 Å². The van der Waals surface area contributed by atoms with Gasteiger partial charge in [-0.15, -0.1) is 0 Å². The van der Waals surface area contributed by atoms with Gasteiger partial charge in [0.2, 0.25) is 18.5 Å². The van der Waals surface area contributed by atoms with Gasteiger partial charge in [-0.3, -0.25) is 0 Å². The number of rotatable bonds is 4. The van der Waals surface area contributed by atoms with E-state index < -0.39 is 21.4 Å². The largest absolute Gasteiger partial charge is 0.454 e. The molecule has 4 rings (SSSR count). The first-order valence-electron chi connectivity index (χ1n) is 7.22. The first-order valence-corrected chi connectivity index (χ1v) is 8.87. The lowest BCUT2D eigenvalue weighted by Gasteiger charge is -2.00. The molecule has 9 heteroatoms. The molecule has 0 fully saturated rings. The van der Waals surface area contributed by atoms with Crippen LogP contribution in [0.25, 0.3) is 11.4 Å². The summed E-state index contributed by atoms with van der Waals surface area (Å²) < 4.78 is 53.1. The molecule has 2 aromatic carbocycles. The topological polar surface area (TPSA) is 91.5 Å². The Labute approximate surface area is 141 Å². The van der Waals surface area contributed by atoms with Gasteiger partial charge in [0, 0.05) is 5.56 Å². The summed E-state index contributed by atoms with van der Waals surface area (Å²) >= 11 is 0. The van der Waals surface area contributed by atoms with E-state index in [0.29, 0.717) is 17.1 Å². The second-order valence-corrected chi connectivity index (χ2v) is 7.28. The Morgan fingerprint density at radius 1 is 1.04 bits per heavy atom. The lowest BCUT2D eigenvalue weighted by molar-refractivity contribution is 0.174. The fourth-order valence-electron chi connectivity index (χ4n) is 2.35. The Balaban J connectivity index is 1.58. The molecular weight excluding hydrogens is 351 g/mol. The molecule has 3 aromatic rings. The number of halogens is 1. The molecule has 128 valence electrons. The summed E-state index contributed by atoms with van der Waals surface area (Å²) in [5.41, 5.74) is 0.610. The van der Waals surface area contributed by atoms with E-state index in [0.717, 1.165) is 12.1 Å². The predicted molar refractivity (Wildman–Crippen MR) is 83.1 cm³/mol. The molecule has 0 spiro atoms. The van der Waals surface area contributed by atoms with E-state index in [4.69, 9.17) is 14.0 Å². The van der Waals surface area contributed by atoms with Crippen LogP contribution < -0.4 is 9.47 Å². The standard InChI is InChI=1S/C16H11FN2O5S/c17-11-2-4-12(5-3-11)25(20,21)8-15-18-16(19-24-15)10-1-6-13-14(7-10)23-9-22-13/h1-7H,8-9H2. The fourth-order valence-corrected chi connectivity index (χ4v) is 3.51. The Kier molecular flexibility index (Phi) is 3.65. The van der Waals surface area contributed by atoms with Crippen LogP contribution in [-0.4, -0.2) is 25.4 Å². The van der Waals surface area contributed by atoms with E-state index in [-0.39, 0.29) is 23.4 Å². The van der Waals surface area contributed by atoms with Crippen LogP contribution in [0, 0.1) is 5.82 Å². The quantitative estimate of drug-likeness (QED) is 0.659. The summed E-state index contributed by atoms with van der Waals surface area (Å²) in [5.74, 6) is 0.367. The van der Waals surface area contributed by atoms with E-state index in [1.807, 2.05) is 0 Å². The maximum absolute atomic E-state index is 12.9. The minimum absolute atomic E-state index is 0.0169. The molecule has 1 aliphatic heterocycles. The summed E-state index contributed by atoms with van der Waals surface area (Å²) in [6, 6.07) is 9.67. The zero-order valence-electron chi connectivity index (χ0n) is 12.7. The summed E-state index contributed by atoms with van der Waals surface area (Å²) in [4.78, 5) is 4.09. The van der Waals surface area contributed by atoms with Crippen molar-refractivity contribution in [2.75, 3.05) is 6.79 Å². The van der Waals surface area contributed by atoms with Crippen molar-refractivity contribution < 1.29 is 26.8 Å². The van der Waals surface area contributed by atoms with Crippen LogP contribution in [0.15, 0.2) is 51.9 Å². The van der Waals surface area contributed by atoms with Crippen LogP contribution in [0.3, 0.4) is 0 Å². The lowest BCUT2D eigenvalue weighted by atomic mass is 10.2. The molecule has 7 nitrogen and oxygen atoms in total. The Morgan fingerprint density at radius 2 is 1.80 bits per heavy atom. The smallest absolute Gasteiger partial charge is 0.242 e. The molecule has 0 saturated heterocycles. The molecule has 1 aromatic heterocycles. The number of nitrogens with zero attached hydrogens (tertiary/aromatic N) is 2. The molecule has 0 amide bonds. The Bertz CT molecular complexity index is 1030. The van der Waals surface area contributed by atoms with Gasteiger partial charge in [0.25, 0.3) is 0 Å². The van der Waals surface area contributed by atoms with Crippen LogP contribution in [-0.2, 0) is 15.6 Å².